The highest BCUT2D eigenvalue weighted by molar-refractivity contribution is 7.13. The molecular weight excluding hydrogens is 280 g/mol. The van der Waals surface area contributed by atoms with Gasteiger partial charge in [0.15, 0.2) is 5.13 Å². The van der Waals surface area contributed by atoms with E-state index in [0.717, 1.165) is 28.9 Å². The molecule has 0 radical (unpaired) electrons. The van der Waals surface area contributed by atoms with E-state index in [1.807, 2.05) is 30.3 Å². The van der Waals surface area contributed by atoms with Gasteiger partial charge in [0.2, 0.25) is 0 Å². The van der Waals surface area contributed by atoms with E-state index in [-0.39, 0.29) is 0 Å². The number of benzene rings is 1. The number of aliphatic hydroxyl groups excluding tert-OH is 1. The van der Waals surface area contributed by atoms with Gasteiger partial charge >= 0.3 is 0 Å². The van der Waals surface area contributed by atoms with Crippen molar-refractivity contribution in [2.24, 2.45) is 5.92 Å². The van der Waals surface area contributed by atoms with Crippen LogP contribution in [0, 0.1) is 5.92 Å². The topological polar surface area (TPSA) is 36.4 Å². The minimum absolute atomic E-state index is 0.474. The first kappa shape index (κ1) is 14.5. The van der Waals surface area contributed by atoms with Crippen LogP contribution in [0.5, 0.6) is 0 Å². The number of thiazole rings is 1. The quantitative estimate of drug-likeness (QED) is 0.885. The average Bonchev–Trinajstić information content (AvgIpc) is 2.92. The highest BCUT2D eigenvalue weighted by Gasteiger charge is 2.20. The molecule has 1 aliphatic carbocycles. The average molecular weight is 302 g/mol. The maximum atomic E-state index is 10.3. The van der Waals surface area contributed by atoms with E-state index in [1.165, 1.54) is 19.3 Å². The van der Waals surface area contributed by atoms with Gasteiger partial charge in [-0.1, -0.05) is 36.8 Å². The van der Waals surface area contributed by atoms with Crippen LogP contribution in [-0.2, 0) is 6.42 Å². The molecule has 1 unspecified atom stereocenters. The summed E-state index contributed by atoms with van der Waals surface area (Å²) in [5.74, 6) is 0.845. The predicted molar refractivity (Wildman–Crippen MR) is 87.8 cm³/mol. The van der Waals surface area contributed by atoms with Crippen molar-refractivity contribution in [3.63, 3.8) is 0 Å². The molecule has 21 heavy (non-hydrogen) atoms. The van der Waals surface area contributed by atoms with Gasteiger partial charge < -0.3 is 10.0 Å². The first-order chi connectivity index (χ1) is 10.2. The van der Waals surface area contributed by atoms with Crippen LogP contribution >= 0.6 is 11.3 Å². The number of hydrogen-bond donors (Lipinski definition) is 1. The second kappa shape index (κ2) is 6.58. The van der Waals surface area contributed by atoms with E-state index >= 15 is 0 Å². The van der Waals surface area contributed by atoms with Crippen molar-refractivity contribution in [3.8, 4) is 0 Å². The third-order valence-electron chi connectivity index (χ3n) is 4.21. The first-order valence-electron chi connectivity index (χ1n) is 7.61. The summed E-state index contributed by atoms with van der Waals surface area (Å²) in [6.07, 6.45) is 4.20. The van der Waals surface area contributed by atoms with Crippen molar-refractivity contribution >= 4 is 16.5 Å². The lowest BCUT2D eigenvalue weighted by Crippen LogP contribution is -2.29. The van der Waals surface area contributed by atoms with Crippen LogP contribution in [0.2, 0.25) is 0 Å². The maximum Gasteiger partial charge on any atom is 0.185 e. The number of rotatable bonds is 6. The first-order valence-corrected chi connectivity index (χ1v) is 8.49. The van der Waals surface area contributed by atoms with Crippen LogP contribution in [-0.4, -0.2) is 23.7 Å². The third-order valence-corrected chi connectivity index (χ3v) is 5.21. The van der Waals surface area contributed by atoms with E-state index in [9.17, 15) is 5.11 Å². The van der Waals surface area contributed by atoms with Crippen molar-refractivity contribution in [2.45, 2.75) is 31.8 Å². The molecule has 0 spiro atoms. The van der Waals surface area contributed by atoms with Crippen molar-refractivity contribution in [1.82, 2.24) is 4.98 Å². The van der Waals surface area contributed by atoms with Gasteiger partial charge in [-0.2, -0.15) is 0 Å². The highest BCUT2D eigenvalue weighted by atomic mass is 32.1. The van der Waals surface area contributed by atoms with Gasteiger partial charge in [-0.05, 0) is 24.3 Å². The summed E-state index contributed by atoms with van der Waals surface area (Å²) in [4.78, 5) is 6.93. The Bertz CT molecular complexity index is 565. The number of nitrogens with zero attached hydrogens (tertiary/aromatic N) is 2. The minimum atomic E-state index is -0.474. The molecule has 1 fully saturated rings. The molecule has 3 nitrogen and oxygen atoms in total. The van der Waals surface area contributed by atoms with Gasteiger partial charge in [0.05, 0.1) is 11.8 Å². The Morgan fingerprint density at radius 3 is 2.76 bits per heavy atom. The molecule has 3 rings (SSSR count). The number of aliphatic hydroxyl groups is 1. The maximum absolute atomic E-state index is 10.3. The zero-order valence-corrected chi connectivity index (χ0v) is 13.2. The Balaban J connectivity index is 1.59. The molecule has 2 aromatic rings. The molecular formula is C17H22N2OS. The number of hydrogen-bond acceptors (Lipinski definition) is 4. The lowest BCUT2D eigenvalue weighted by Gasteiger charge is -2.29. The van der Waals surface area contributed by atoms with Crippen LogP contribution < -0.4 is 4.90 Å². The molecule has 0 bridgehead atoms. The SMILES string of the molecule is CN(CC1CCC1)c1nc(CC(O)c2ccccc2)cs1. The molecule has 1 N–H and O–H groups in total. The highest BCUT2D eigenvalue weighted by Crippen LogP contribution is 2.30. The minimum Gasteiger partial charge on any atom is -0.388 e. The van der Waals surface area contributed by atoms with Gasteiger partial charge in [-0.15, -0.1) is 11.3 Å². The van der Waals surface area contributed by atoms with Gasteiger partial charge in [-0.3, -0.25) is 0 Å². The summed E-state index contributed by atoms with van der Waals surface area (Å²) in [7, 11) is 2.12. The predicted octanol–water partition coefficient (Wildman–Crippen LogP) is 3.66. The van der Waals surface area contributed by atoms with Gasteiger partial charge in [0.1, 0.15) is 0 Å². The standard InChI is InChI=1S/C17H22N2OS/c1-19(11-13-6-5-7-13)17-18-15(12-21-17)10-16(20)14-8-3-2-4-9-14/h2-4,8-9,12-13,16,20H,5-7,10-11H2,1H3. The summed E-state index contributed by atoms with van der Waals surface area (Å²) in [6, 6.07) is 9.79. The van der Waals surface area contributed by atoms with E-state index in [2.05, 4.69) is 22.3 Å². The van der Waals surface area contributed by atoms with E-state index in [1.54, 1.807) is 11.3 Å². The van der Waals surface area contributed by atoms with Crippen LogP contribution in [0.25, 0.3) is 0 Å². The molecule has 4 heteroatoms. The molecule has 0 amide bonds. The Labute approximate surface area is 130 Å². The monoisotopic (exact) mass is 302 g/mol. The summed E-state index contributed by atoms with van der Waals surface area (Å²) >= 11 is 1.68. The summed E-state index contributed by atoms with van der Waals surface area (Å²) in [5.41, 5.74) is 1.93. The van der Waals surface area contributed by atoms with E-state index in [0.29, 0.717) is 6.42 Å². The number of anilines is 1. The molecule has 112 valence electrons. The number of aromatic nitrogens is 1. The van der Waals surface area contributed by atoms with Crippen molar-refractivity contribution < 1.29 is 5.11 Å². The molecule has 1 heterocycles. The molecule has 1 atom stereocenters. The molecule has 1 aliphatic rings. The lowest BCUT2D eigenvalue weighted by molar-refractivity contribution is 0.177. The summed E-state index contributed by atoms with van der Waals surface area (Å²) in [5, 5.41) is 13.4. The Morgan fingerprint density at radius 1 is 1.33 bits per heavy atom. The van der Waals surface area contributed by atoms with Crippen LogP contribution in [0.3, 0.4) is 0 Å². The zero-order chi connectivity index (χ0) is 14.7. The summed E-state index contributed by atoms with van der Waals surface area (Å²) in [6.45, 7) is 1.11. The van der Waals surface area contributed by atoms with Crippen LogP contribution in [0.1, 0.15) is 36.6 Å². The smallest absolute Gasteiger partial charge is 0.185 e. The second-order valence-electron chi connectivity index (χ2n) is 5.93. The van der Waals surface area contributed by atoms with Gasteiger partial charge in [0, 0.05) is 25.4 Å². The fourth-order valence-electron chi connectivity index (χ4n) is 2.70. The third kappa shape index (κ3) is 3.63. The Hall–Kier alpha value is -1.39. The van der Waals surface area contributed by atoms with Crippen molar-refractivity contribution in [1.29, 1.82) is 0 Å². The van der Waals surface area contributed by atoms with Crippen LogP contribution in [0.15, 0.2) is 35.7 Å². The summed E-state index contributed by atoms with van der Waals surface area (Å²) < 4.78 is 0. The van der Waals surface area contributed by atoms with E-state index < -0.39 is 6.10 Å². The molecule has 0 aliphatic heterocycles. The fourth-order valence-corrected chi connectivity index (χ4v) is 3.51. The molecule has 1 aromatic heterocycles. The Kier molecular flexibility index (Phi) is 4.56. The Morgan fingerprint density at radius 2 is 2.10 bits per heavy atom. The largest absolute Gasteiger partial charge is 0.388 e. The zero-order valence-electron chi connectivity index (χ0n) is 12.4. The van der Waals surface area contributed by atoms with Crippen molar-refractivity contribution in [3.05, 3.63) is 47.0 Å². The van der Waals surface area contributed by atoms with Gasteiger partial charge in [0.25, 0.3) is 0 Å². The molecule has 1 aromatic carbocycles. The van der Waals surface area contributed by atoms with Crippen LogP contribution in [0.4, 0.5) is 5.13 Å². The fraction of sp³-hybridized carbons (Fsp3) is 0.471. The normalized spacial score (nSPS) is 16.5. The lowest BCUT2D eigenvalue weighted by atomic mass is 9.85. The molecule has 1 saturated carbocycles. The second-order valence-corrected chi connectivity index (χ2v) is 6.77. The van der Waals surface area contributed by atoms with E-state index in [4.69, 9.17) is 0 Å². The molecule has 0 saturated heterocycles. The van der Waals surface area contributed by atoms with Gasteiger partial charge in [-0.25, -0.2) is 4.98 Å². The van der Waals surface area contributed by atoms with Crippen molar-refractivity contribution in [2.75, 3.05) is 18.5 Å².